The van der Waals surface area contributed by atoms with Crippen LogP contribution in [0.25, 0.3) is 0 Å². The first-order valence-electron chi connectivity index (χ1n) is 5.45. The summed E-state index contributed by atoms with van der Waals surface area (Å²) in [6.07, 6.45) is -4.83. The van der Waals surface area contributed by atoms with Crippen molar-refractivity contribution in [1.82, 2.24) is 20.2 Å². The van der Waals surface area contributed by atoms with Crippen molar-refractivity contribution in [2.75, 3.05) is 0 Å². The summed E-state index contributed by atoms with van der Waals surface area (Å²) in [5.74, 6) is -0.462. The number of alkyl halides is 3. The summed E-state index contributed by atoms with van der Waals surface area (Å²) in [4.78, 5) is 13.1. The van der Waals surface area contributed by atoms with E-state index in [0.717, 1.165) is 12.1 Å². The molecule has 0 atom stereocenters. The van der Waals surface area contributed by atoms with Gasteiger partial charge in [-0.3, -0.25) is 4.79 Å². The lowest BCUT2D eigenvalue weighted by Gasteiger charge is -2.08. The first kappa shape index (κ1) is 14.0. The van der Waals surface area contributed by atoms with Gasteiger partial charge in [-0.05, 0) is 29.5 Å². The number of tetrazole rings is 1. The number of hydrogen-bond acceptors (Lipinski definition) is 5. The van der Waals surface area contributed by atoms with Gasteiger partial charge >= 0.3 is 6.36 Å². The molecule has 0 bridgehead atoms. The van der Waals surface area contributed by atoms with E-state index < -0.39 is 6.36 Å². The third kappa shape index (κ3) is 3.77. The van der Waals surface area contributed by atoms with Crippen molar-refractivity contribution in [1.29, 1.82) is 0 Å². The van der Waals surface area contributed by atoms with Crippen LogP contribution in [0.1, 0.15) is 16.2 Å². The maximum Gasteiger partial charge on any atom is 0.573 e. The molecule has 1 aromatic carbocycles. The molecule has 9 heteroatoms. The largest absolute Gasteiger partial charge is 0.573 e. The number of aryl methyl sites for hydroxylation is 1. The monoisotopic (exact) mass is 286 g/mol. The summed E-state index contributed by atoms with van der Waals surface area (Å²) in [5.41, 5.74) is 0.243. The molecule has 0 N–H and O–H groups in total. The Morgan fingerprint density at radius 2 is 1.95 bits per heavy atom. The van der Waals surface area contributed by atoms with E-state index in [-0.39, 0.29) is 29.3 Å². The van der Waals surface area contributed by atoms with Crippen LogP contribution in [0.4, 0.5) is 13.2 Å². The number of benzene rings is 1. The first-order chi connectivity index (χ1) is 9.33. The van der Waals surface area contributed by atoms with E-state index in [0.29, 0.717) is 0 Å². The van der Waals surface area contributed by atoms with E-state index in [4.69, 9.17) is 0 Å². The summed E-state index contributed by atoms with van der Waals surface area (Å²) < 4.78 is 39.6. The SMILES string of the molecule is Cn1nnc(CC(=O)c2ccc(OC(F)(F)F)cc2)n1. The lowest BCUT2D eigenvalue weighted by atomic mass is 10.1. The van der Waals surface area contributed by atoms with E-state index in [2.05, 4.69) is 20.1 Å². The van der Waals surface area contributed by atoms with Gasteiger partial charge in [0.15, 0.2) is 11.6 Å². The quantitative estimate of drug-likeness (QED) is 0.797. The molecule has 2 rings (SSSR count). The molecule has 0 aliphatic heterocycles. The van der Waals surface area contributed by atoms with Gasteiger partial charge in [-0.2, -0.15) is 4.80 Å². The van der Waals surface area contributed by atoms with Gasteiger partial charge in [0.1, 0.15) is 5.75 Å². The van der Waals surface area contributed by atoms with Crippen molar-refractivity contribution in [2.24, 2.45) is 7.05 Å². The summed E-state index contributed by atoms with van der Waals surface area (Å²) in [5, 5.41) is 11.1. The third-order valence-electron chi connectivity index (χ3n) is 2.28. The number of carbonyl (C=O) groups is 1. The number of hydrogen-bond donors (Lipinski definition) is 0. The number of carbonyl (C=O) groups excluding carboxylic acids is 1. The molecule has 106 valence electrons. The Kier molecular flexibility index (Phi) is 3.68. The van der Waals surface area contributed by atoms with Gasteiger partial charge in [0.05, 0.1) is 13.5 Å². The van der Waals surface area contributed by atoms with Crippen molar-refractivity contribution >= 4 is 5.78 Å². The maximum absolute atomic E-state index is 12.0. The van der Waals surface area contributed by atoms with Crippen LogP contribution in [0.2, 0.25) is 0 Å². The van der Waals surface area contributed by atoms with Crippen molar-refractivity contribution in [3.05, 3.63) is 35.7 Å². The maximum atomic E-state index is 12.0. The van der Waals surface area contributed by atoms with Crippen LogP contribution in [0.5, 0.6) is 5.75 Å². The molecule has 20 heavy (non-hydrogen) atoms. The van der Waals surface area contributed by atoms with Crippen LogP contribution in [-0.4, -0.2) is 32.4 Å². The van der Waals surface area contributed by atoms with E-state index in [1.165, 1.54) is 16.9 Å². The number of ketones is 1. The van der Waals surface area contributed by atoms with Crippen LogP contribution in [0.3, 0.4) is 0 Å². The third-order valence-corrected chi connectivity index (χ3v) is 2.28. The minimum absolute atomic E-state index is 0.0761. The number of aromatic nitrogens is 4. The van der Waals surface area contributed by atoms with Crippen molar-refractivity contribution < 1.29 is 22.7 Å². The van der Waals surface area contributed by atoms with E-state index in [1.807, 2.05) is 0 Å². The minimum Gasteiger partial charge on any atom is -0.406 e. The highest BCUT2D eigenvalue weighted by molar-refractivity contribution is 5.97. The van der Waals surface area contributed by atoms with Gasteiger partial charge in [-0.15, -0.1) is 23.4 Å². The molecule has 6 nitrogen and oxygen atoms in total. The van der Waals surface area contributed by atoms with E-state index >= 15 is 0 Å². The molecular weight excluding hydrogens is 277 g/mol. The summed E-state index contributed by atoms with van der Waals surface area (Å²) in [6.45, 7) is 0. The van der Waals surface area contributed by atoms with Gasteiger partial charge in [0, 0.05) is 5.56 Å². The number of Topliss-reactive ketones (excluding diaryl/α,β-unsaturated/α-hetero) is 1. The molecule has 1 aromatic heterocycles. The molecule has 0 aliphatic carbocycles. The molecule has 0 unspecified atom stereocenters. The molecule has 0 saturated heterocycles. The fourth-order valence-corrected chi connectivity index (χ4v) is 1.48. The van der Waals surface area contributed by atoms with Crippen LogP contribution < -0.4 is 4.74 Å². The standard InChI is InChI=1S/C11H9F3N4O2/c1-18-16-10(15-17-18)6-9(19)7-2-4-8(5-3-7)20-11(12,13)14/h2-5H,6H2,1H3. The average Bonchev–Trinajstić information content (AvgIpc) is 2.73. The molecule has 0 spiro atoms. The van der Waals surface area contributed by atoms with Crippen LogP contribution in [-0.2, 0) is 13.5 Å². The highest BCUT2D eigenvalue weighted by Crippen LogP contribution is 2.22. The topological polar surface area (TPSA) is 69.9 Å². The molecule has 0 amide bonds. The second kappa shape index (κ2) is 5.27. The Morgan fingerprint density at radius 1 is 1.30 bits per heavy atom. The number of ether oxygens (including phenoxy) is 1. The Morgan fingerprint density at radius 3 is 2.45 bits per heavy atom. The highest BCUT2D eigenvalue weighted by atomic mass is 19.4. The molecule has 1 heterocycles. The van der Waals surface area contributed by atoms with E-state index in [1.54, 1.807) is 7.05 Å². The van der Waals surface area contributed by atoms with Gasteiger partial charge < -0.3 is 4.74 Å². The smallest absolute Gasteiger partial charge is 0.406 e. The van der Waals surface area contributed by atoms with Gasteiger partial charge in [-0.25, -0.2) is 0 Å². The Bertz CT molecular complexity index is 607. The van der Waals surface area contributed by atoms with Gasteiger partial charge in [0.25, 0.3) is 0 Å². The predicted octanol–water partition coefficient (Wildman–Crippen LogP) is 1.53. The summed E-state index contributed by atoms with van der Waals surface area (Å²) in [6, 6.07) is 4.65. The molecule has 0 fully saturated rings. The van der Waals surface area contributed by atoms with Crippen molar-refractivity contribution in [3.63, 3.8) is 0 Å². The lowest BCUT2D eigenvalue weighted by molar-refractivity contribution is -0.274. The molecule has 0 aliphatic rings. The Balaban J connectivity index is 2.04. The van der Waals surface area contributed by atoms with Crippen molar-refractivity contribution in [2.45, 2.75) is 12.8 Å². The van der Waals surface area contributed by atoms with E-state index in [9.17, 15) is 18.0 Å². The predicted molar refractivity (Wildman–Crippen MR) is 60.0 cm³/mol. The molecule has 0 radical (unpaired) electrons. The van der Waals surface area contributed by atoms with Gasteiger partial charge in [-0.1, -0.05) is 0 Å². The fourth-order valence-electron chi connectivity index (χ4n) is 1.48. The summed E-state index contributed by atoms with van der Waals surface area (Å²) >= 11 is 0. The zero-order valence-electron chi connectivity index (χ0n) is 10.3. The van der Waals surface area contributed by atoms with Crippen LogP contribution >= 0.6 is 0 Å². The molecule has 2 aromatic rings. The minimum atomic E-state index is -4.75. The molecule has 0 saturated carbocycles. The van der Waals surface area contributed by atoms with Crippen molar-refractivity contribution in [3.8, 4) is 5.75 Å². The highest BCUT2D eigenvalue weighted by Gasteiger charge is 2.31. The Labute approximate surface area is 111 Å². The number of nitrogens with zero attached hydrogens (tertiary/aromatic N) is 4. The zero-order chi connectivity index (χ0) is 14.8. The van der Waals surface area contributed by atoms with Crippen LogP contribution in [0, 0.1) is 0 Å². The fraction of sp³-hybridized carbons (Fsp3) is 0.273. The lowest BCUT2D eigenvalue weighted by Crippen LogP contribution is -2.17. The normalized spacial score (nSPS) is 11.4. The Hall–Kier alpha value is -2.45. The second-order valence-corrected chi connectivity index (χ2v) is 3.87. The van der Waals surface area contributed by atoms with Crippen LogP contribution in [0.15, 0.2) is 24.3 Å². The second-order valence-electron chi connectivity index (χ2n) is 3.87. The number of halogens is 3. The number of rotatable bonds is 4. The molecular formula is C11H9F3N4O2. The average molecular weight is 286 g/mol. The summed E-state index contributed by atoms with van der Waals surface area (Å²) in [7, 11) is 1.56. The van der Waals surface area contributed by atoms with Gasteiger partial charge in [0.2, 0.25) is 0 Å². The first-order valence-corrected chi connectivity index (χ1v) is 5.45. The zero-order valence-corrected chi connectivity index (χ0v) is 10.3.